The third-order valence-electron chi connectivity index (χ3n) is 12.4. The smallest absolute Gasteiger partial charge is 0.462 e. The molecule has 0 spiro atoms. The molecule has 13 nitrogen and oxygen atoms in total. The molecule has 1 aliphatic rings. The van der Waals surface area contributed by atoms with Gasteiger partial charge in [-0.15, -0.1) is 0 Å². The van der Waals surface area contributed by atoms with Crippen LogP contribution in [-0.4, -0.2) is 98.3 Å². The average Bonchev–Trinajstić information content (AvgIpc) is 3.32. The molecule has 1 fully saturated rings. The van der Waals surface area contributed by atoms with Crippen LogP contribution in [-0.2, 0) is 32.7 Å². The lowest BCUT2D eigenvalue weighted by atomic mass is 9.85. The Labute approximate surface area is 411 Å². The first kappa shape index (κ1) is 63.8. The standard InChI is InChI=1S/C54H97O13P/c1-3-5-7-9-11-13-15-17-19-21-23-24-25-27-29-31-33-35-37-39-41-43-48(56)66-46(45-65-68(62,63)67-54-52(60)50(58)49(57)51(59)53(54)61)44-64-47(55)42-40-38-36-34-32-30-28-26-22-20-18-16-14-12-10-8-6-4-2/h5,7,11,13,17,19,23-24,46,49-54,57-61H,3-4,6,8-10,12,14-16,18,20-22,25-45H2,1-2H3,(H,62,63)/b7-5-,13-11-,19-17-,24-23-. The zero-order chi connectivity index (χ0) is 49.9. The molecule has 1 rings (SSSR count). The first-order valence-corrected chi connectivity index (χ1v) is 28.4. The van der Waals surface area contributed by atoms with Gasteiger partial charge in [0.15, 0.2) is 6.10 Å². The zero-order valence-electron chi connectivity index (χ0n) is 42.4. The van der Waals surface area contributed by atoms with E-state index in [0.717, 1.165) is 83.5 Å². The summed E-state index contributed by atoms with van der Waals surface area (Å²) in [5.74, 6) is -1.10. The Bertz CT molecular complexity index is 1370. The summed E-state index contributed by atoms with van der Waals surface area (Å²) in [6.45, 7) is 3.22. The Balaban J connectivity index is 2.38. The molecule has 1 saturated carbocycles. The number of ether oxygens (including phenoxy) is 2. The highest BCUT2D eigenvalue weighted by atomic mass is 31.2. The Kier molecular flexibility index (Phi) is 40.9. The molecule has 0 aromatic carbocycles. The summed E-state index contributed by atoms with van der Waals surface area (Å²) in [7, 11) is -5.13. The molecule has 1 aliphatic carbocycles. The molecule has 0 saturated heterocycles. The van der Waals surface area contributed by atoms with Crippen molar-refractivity contribution in [2.24, 2.45) is 0 Å². The molecule has 0 radical (unpaired) electrons. The summed E-state index contributed by atoms with van der Waals surface area (Å²) in [6.07, 6.45) is 40.1. The van der Waals surface area contributed by atoms with Crippen LogP contribution in [0.1, 0.15) is 226 Å². The van der Waals surface area contributed by atoms with E-state index in [2.05, 4.69) is 62.5 Å². The summed E-state index contributed by atoms with van der Waals surface area (Å²) in [4.78, 5) is 35.9. The summed E-state index contributed by atoms with van der Waals surface area (Å²) >= 11 is 0. The van der Waals surface area contributed by atoms with E-state index in [1.165, 1.54) is 103 Å². The average molecular weight is 985 g/mol. The van der Waals surface area contributed by atoms with Gasteiger partial charge in [0.25, 0.3) is 0 Å². The van der Waals surface area contributed by atoms with Crippen molar-refractivity contribution < 1.29 is 63.1 Å². The van der Waals surface area contributed by atoms with Gasteiger partial charge in [0.2, 0.25) is 0 Å². The van der Waals surface area contributed by atoms with Crippen LogP contribution in [0.3, 0.4) is 0 Å². The lowest BCUT2D eigenvalue weighted by Gasteiger charge is -2.41. The minimum Gasteiger partial charge on any atom is -0.462 e. The fourth-order valence-electron chi connectivity index (χ4n) is 8.16. The SMILES string of the molecule is CC/C=C\C/C=C\C/C=C\C/C=C\CCCCCCCCCCC(=O)OC(COC(=O)CCCCCCCCCCCCCCCCCCCC)COP(=O)(O)OC1C(O)C(O)C(O)C(O)C1O. The molecular formula is C54H97O13P. The van der Waals surface area contributed by atoms with Crippen LogP contribution in [0.4, 0.5) is 0 Å². The number of esters is 2. The van der Waals surface area contributed by atoms with Crippen LogP contribution in [0.15, 0.2) is 48.6 Å². The first-order valence-electron chi connectivity index (χ1n) is 26.9. The highest BCUT2D eigenvalue weighted by Gasteiger charge is 2.51. The van der Waals surface area contributed by atoms with Crippen molar-refractivity contribution in [1.82, 2.24) is 0 Å². The fourth-order valence-corrected chi connectivity index (χ4v) is 9.14. The summed E-state index contributed by atoms with van der Waals surface area (Å²) in [5.41, 5.74) is 0. The second kappa shape index (κ2) is 43.6. The molecule has 0 aliphatic heterocycles. The molecule has 14 heteroatoms. The van der Waals surface area contributed by atoms with Crippen LogP contribution in [0.25, 0.3) is 0 Å². The lowest BCUT2D eigenvalue weighted by molar-refractivity contribution is -0.220. The maximum absolute atomic E-state index is 12.9. The lowest BCUT2D eigenvalue weighted by Crippen LogP contribution is -2.64. The minimum absolute atomic E-state index is 0.0878. The van der Waals surface area contributed by atoms with Crippen molar-refractivity contribution in [2.45, 2.75) is 268 Å². The van der Waals surface area contributed by atoms with Crippen molar-refractivity contribution in [3.8, 4) is 0 Å². The molecule has 0 bridgehead atoms. The predicted octanol–water partition coefficient (Wildman–Crippen LogP) is 11.9. The van der Waals surface area contributed by atoms with Crippen LogP contribution in [0.5, 0.6) is 0 Å². The van der Waals surface area contributed by atoms with E-state index in [1.54, 1.807) is 0 Å². The normalized spacial score (nSPS) is 21.4. The largest absolute Gasteiger partial charge is 0.472 e. The summed E-state index contributed by atoms with van der Waals surface area (Å²) in [6, 6.07) is 0. The molecule has 6 N–H and O–H groups in total. The van der Waals surface area contributed by atoms with Gasteiger partial charge in [-0.1, -0.05) is 210 Å². The van der Waals surface area contributed by atoms with E-state index in [-0.39, 0.29) is 12.8 Å². The Morgan fingerprint density at radius 3 is 1.28 bits per heavy atom. The summed E-state index contributed by atoms with van der Waals surface area (Å²) < 4.78 is 33.7. The third kappa shape index (κ3) is 35.0. The number of phosphoric acid groups is 1. The summed E-state index contributed by atoms with van der Waals surface area (Å²) in [5, 5.41) is 50.3. The Hall–Kier alpha value is -2.19. The topological polar surface area (TPSA) is 210 Å². The van der Waals surface area contributed by atoms with Crippen LogP contribution >= 0.6 is 7.82 Å². The highest BCUT2D eigenvalue weighted by Crippen LogP contribution is 2.47. The quantitative estimate of drug-likeness (QED) is 0.0145. The number of rotatable bonds is 45. The van der Waals surface area contributed by atoms with E-state index < -0.39 is 75.7 Å². The third-order valence-corrected chi connectivity index (χ3v) is 13.4. The number of carbonyl (C=O) groups is 2. The molecular weight excluding hydrogens is 888 g/mol. The second-order valence-electron chi connectivity index (χ2n) is 18.7. The van der Waals surface area contributed by atoms with E-state index in [4.69, 9.17) is 18.5 Å². The van der Waals surface area contributed by atoms with Gasteiger partial charge in [-0.3, -0.25) is 18.6 Å². The van der Waals surface area contributed by atoms with Crippen molar-refractivity contribution in [1.29, 1.82) is 0 Å². The van der Waals surface area contributed by atoms with Crippen LogP contribution in [0.2, 0.25) is 0 Å². The number of hydrogen-bond acceptors (Lipinski definition) is 12. The fraction of sp³-hybridized carbons (Fsp3) is 0.815. The second-order valence-corrected chi connectivity index (χ2v) is 20.1. The maximum atomic E-state index is 12.9. The van der Waals surface area contributed by atoms with Gasteiger partial charge in [0.05, 0.1) is 6.61 Å². The van der Waals surface area contributed by atoms with E-state index in [0.29, 0.717) is 12.8 Å². The number of allylic oxidation sites excluding steroid dienone is 8. The predicted molar refractivity (Wildman–Crippen MR) is 272 cm³/mol. The van der Waals surface area contributed by atoms with Crippen molar-refractivity contribution in [3.63, 3.8) is 0 Å². The Morgan fingerprint density at radius 2 is 0.838 bits per heavy atom. The van der Waals surface area contributed by atoms with Crippen LogP contribution in [0, 0.1) is 0 Å². The van der Waals surface area contributed by atoms with Gasteiger partial charge in [-0.25, -0.2) is 4.57 Å². The van der Waals surface area contributed by atoms with E-state index in [1.807, 2.05) is 0 Å². The zero-order valence-corrected chi connectivity index (χ0v) is 43.3. The van der Waals surface area contributed by atoms with Gasteiger partial charge in [0, 0.05) is 12.8 Å². The highest BCUT2D eigenvalue weighted by molar-refractivity contribution is 7.47. The monoisotopic (exact) mass is 985 g/mol. The number of unbranched alkanes of at least 4 members (excludes halogenated alkanes) is 25. The molecule has 68 heavy (non-hydrogen) atoms. The minimum atomic E-state index is -5.13. The van der Waals surface area contributed by atoms with Crippen LogP contribution < -0.4 is 0 Å². The molecule has 0 aromatic rings. The number of phosphoric ester groups is 1. The number of aliphatic hydroxyl groups is 5. The van der Waals surface area contributed by atoms with Gasteiger partial charge >= 0.3 is 19.8 Å². The van der Waals surface area contributed by atoms with E-state index in [9.17, 15) is 44.6 Å². The number of hydrogen-bond donors (Lipinski definition) is 6. The molecule has 396 valence electrons. The molecule has 6 atom stereocenters. The molecule has 0 heterocycles. The van der Waals surface area contributed by atoms with Gasteiger partial charge < -0.3 is 39.9 Å². The maximum Gasteiger partial charge on any atom is 0.472 e. The molecule has 6 unspecified atom stereocenters. The molecule has 0 amide bonds. The van der Waals surface area contributed by atoms with Gasteiger partial charge in [0.1, 0.15) is 43.2 Å². The molecule has 0 aromatic heterocycles. The van der Waals surface area contributed by atoms with Gasteiger partial charge in [-0.2, -0.15) is 0 Å². The number of carbonyl (C=O) groups excluding carboxylic acids is 2. The Morgan fingerprint density at radius 1 is 0.471 bits per heavy atom. The van der Waals surface area contributed by atoms with Crippen molar-refractivity contribution >= 4 is 19.8 Å². The number of aliphatic hydroxyl groups excluding tert-OH is 5. The van der Waals surface area contributed by atoms with Gasteiger partial charge in [-0.05, 0) is 51.4 Å². The van der Waals surface area contributed by atoms with Crippen molar-refractivity contribution in [2.75, 3.05) is 13.2 Å². The van der Waals surface area contributed by atoms with E-state index >= 15 is 0 Å². The first-order chi connectivity index (χ1) is 32.9. The van der Waals surface area contributed by atoms with Crippen molar-refractivity contribution in [3.05, 3.63) is 48.6 Å².